The second-order valence-electron chi connectivity index (χ2n) is 7.25. The predicted molar refractivity (Wildman–Crippen MR) is 122 cm³/mol. The van der Waals surface area contributed by atoms with Crippen LogP contribution in [0, 0.1) is 5.92 Å². The Hall–Kier alpha value is -2.33. The van der Waals surface area contributed by atoms with Gasteiger partial charge >= 0.3 is 0 Å². The van der Waals surface area contributed by atoms with E-state index in [2.05, 4.69) is 22.4 Å². The summed E-state index contributed by atoms with van der Waals surface area (Å²) in [5, 5.41) is 7.56. The number of thiophene rings is 1. The molecule has 0 aliphatic carbocycles. The lowest BCUT2D eigenvalue weighted by molar-refractivity contribution is -0.120. The lowest BCUT2D eigenvalue weighted by Gasteiger charge is -2.29. The van der Waals surface area contributed by atoms with Crippen molar-refractivity contribution in [1.82, 2.24) is 9.29 Å². The molecule has 2 aromatic heterocycles. The molecule has 5 rings (SSSR count). The molecule has 6 nitrogen and oxygen atoms in total. The van der Waals surface area contributed by atoms with E-state index in [1.54, 1.807) is 17.5 Å². The molecule has 1 N–H and O–H groups in total. The minimum Gasteiger partial charge on any atom is -0.302 e. The highest BCUT2D eigenvalue weighted by molar-refractivity contribution is 7.91. The average molecular weight is 458 g/mol. The zero-order valence-electron chi connectivity index (χ0n) is 15.9. The highest BCUT2D eigenvalue weighted by Gasteiger charge is 2.32. The van der Waals surface area contributed by atoms with Gasteiger partial charge in [-0.3, -0.25) is 4.79 Å². The van der Waals surface area contributed by atoms with Gasteiger partial charge in [-0.25, -0.2) is 13.4 Å². The maximum atomic E-state index is 12.8. The van der Waals surface area contributed by atoms with Gasteiger partial charge in [0.25, 0.3) is 10.0 Å². The Balaban J connectivity index is 1.28. The maximum absolute atomic E-state index is 12.8. The number of rotatable bonds is 4. The summed E-state index contributed by atoms with van der Waals surface area (Å²) in [5.74, 6) is -0.310. The van der Waals surface area contributed by atoms with Crippen molar-refractivity contribution in [2.75, 3.05) is 18.4 Å². The molecule has 0 spiro atoms. The van der Waals surface area contributed by atoms with Crippen LogP contribution in [0.2, 0.25) is 0 Å². The van der Waals surface area contributed by atoms with Crippen LogP contribution in [0.25, 0.3) is 21.0 Å². The molecule has 1 aliphatic heterocycles. The second-order valence-corrected chi connectivity index (χ2v) is 11.4. The largest absolute Gasteiger partial charge is 0.302 e. The molecule has 30 heavy (non-hydrogen) atoms. The number of amides is 1. The van der Waals surface area contributed by atoms with Crippen LogP contribution >= 0.6 is 22.7 Å². The number of anilines is 1. The van der Waals surface area contributed by atoms with Crippen molar-refractivity contribution in [3.8, 4) is 0 Å². The Morgan fingerprint density at radius 2 is 1.87 bits per heavy atom. The van der Waals surface area contributed by atoms with Crippen molar-refractivity contribution in [3.63, 3.8) is 0 Å². The van der Waals surface area contributed by atoms with Crippen molar-refractivity contribution in [2.45, 2.75) is 17.1 Å². The van der Waals surface area contributed by atoms with Gasteiger partial charge in [-0.15, -0.1) is 11.3 Å². The minimum atomic E-state index is -3.45. The molecule has 9 heteroatoms. The van der Waals surface area contributed by atoms with Crippen molar-refractivity contribution in [2.24, 2.45) is 5.92 Å². The first-order valence-electron chi connectivity index (χ1n) is 9.65. The van der Waals surface area contributed by atoms with E-state index in [1.165, 1.54) is 27.0 Å². The van der Waals surface area contributed by atoms with E-state index in [-0.39, 0.29) is 11.8 Å². The van der Waals surface area contributed by atoms with Gasteiger partial charge in [0, 0.05) is 24.4 Å². The van der Waals surface area contributed by atoms with Crippen molar-refractivity contribution in [1.29, 1.82) is 0 Å². The Labute approximate surface area is 182 Å². The molecule has 1 saturated heterocycles. The number of nitrogens with zero attached hydrogens (tertiary/aromatic N) is 2. The lowest BCUT2D eigenvalue weighted by Crippen LogP contribution is -2.41. The minimum absolute atomic E-state index is 0.0912. The van der Waals surface area contributed by atoms with Gasteiger partial charge in [0.05, 0.1) is 10.2 Å². The third-order valence-electron chi connectivity index (χ3n) is 5.42. The fourth-order valence-corrected chi connectivity index (χ4v) is 7.43. The zero-order chi connectivity index (χ0) is 20.7. The normalized spacial score (nSPS) is 16.3. The van der Waals surface area contributed by atoms with E-state index in [4.69, 9.17) is 0 Å². The first-order chi connectivity index (χ1) is 14.5. The molecule has 0 saturated carbocycles. The summed E-state index contributed by atoms with van der Waals surface area (Å²) in [7, 11) is -3.45. The molecule has 1 amide bonds. The quantitative estimate of drug-likeness (QED) is 0.488. The van der Waals surface area contributed by atoms with Crippen molar-refractivity contribution >= 4 is 64.7 Å². The Morgan fingerprint density at radius 3 is 2.63 bits per heavy atom. The van der Waals surface area contributed by atoms with Gasteiger partial charge < -0.3 is 5.32 Å². The summed E-state index contributed by atoms with van der Waals surface area (Å²) in [4.78, 5) is 17.3. The molecular weight excluding hydrogens is 438 g/mol. The summed E-state index contributed by atoms with van der Waals surface area (Å²) in [5.41, 5.74) is 0.867. The number of sulfonamides is 1. The fraction of sp³-hybridized carbons (Fsp3) is 0.238. The van der Waals surface area contributed by atoms with Gasteiger partial charge in [-0.2, -0.15) is 4.31 Å². The standard InChI is InChI=1S/C21H19N3O3S3/c25-20(15-9-11-24(12-10-15)30(26,27)18-6-3-13-28-18)23-21-22-17-8-7-14-4-1-2-5-16(14)19(17)29-21/h1-8,13,15H,9-12H2,(H,22,23,25). The van der Waals surface area contributed by atoms with E-state index in [0.29, 0.717) is 35.3 Å². The molecule has 3 heterocycles. The molecule has 0 unspecified atom stereocenters. The lowest BCUT2D eigenvalue weighted by atomic mass is 9.97. The fourth-order valence-electron chi connectivity index (χ4n) is 3.81. The van der Waals surface area contributed by atoms with E-state index in [9.17, 15) is 13.2 Å². The summed E-state index contributed by atoms with van der Waals surface area (Å²) in [6.07, 6.45) is 1.01. The first-order valence-corrected chi connectivity index (χ1v) is 12.8. The average Bonchev–Trinajstić information content (AvgIpc) is 3.44. The molecule has 154 valence electrons. The number of carbonyl (C=O) groups excluding carboxylic acids is 1. The van der Waals surface area contributed by atoms with Gasteiger partial charge in [0.15, 0.2) is 5.13 Å². The highest BCUT2D eigenvalue weighted by atomic mass is 32.2. The summed E-state index contributed by atoms with van der Waals surface area (Å²) in [6.45, 7) is 0.700. The zero-order valence-corrected chi connectivity index (χ0v) is 18.4. The third-order valence-corrected chi connectivity index (χ3v) is 9.72. The van der Waals surface area contributed by atoms with E-state index < -0.39 is 10.0 Å². The van der Waals surface area contributed by atoms with Gasteiger partial charge in [0.2, 0.25) is 5.91 Å². The van der Waals surface area contributed by atoms with Crippen LogP contribution in [0.1, 0.15) is 12.8 Å². The van der Waals surface area contributed by atoms with Crippen LogP contribution in [0.4, 0.5) is 5.13 Å². The highest BCUT2D eigenvalue weighted by Crippen LogP contribution is 2.33. The number of piperidine rings is 1. The number of fused-ring (bicyclic) bond motifs is 3. The summed E-state index contributed by atoms with van der Waals surface area (Å²) in [6, 6.07) is 15.5. The van der Waals surface area contributed by atoms with Crippen LogP contribution in [0.3, 0.4) is 0 Å². The van der Waals surface area contributed by atoms with Crippen LogP contribution < -0.4 is 5.32 Å². The number of benzene rings is 2. The molecule has 1 fully saturated rings. The number of carbonyl (C=O) groups is 1. The van der Waals surface area contributed by atoms with Crippen molar-refractivity contribution in [3.05, 3.63) is 53.9 Å². The molecular formula is C21H19N3O3S3. The predicted octanol–water partition coefficient (Wildman–Crippen LogP) is 4.55. The molecule has 0 bridgehead atoms. The molecule has 1 aliphatic rings. The number of hydrogen-bond donors (Lipinski definition) is 1. The number of nitrogens with one attached hydrogen (secondary N) is 1. The Bertz CT molecular complexity index is 1320. The second kappa shape index (κ2) is 7.73. The third kappa shape index (κ3) is 3.51. The molecule has 0 radical (unpaired) electrons. The number of hydrogen-bond acceptors (Lipinski definition) is 6. The van der Waals surface area contributed by atoms with Crippen LogP contribution in [-0.4, -0.2) is 36.7 Å². The van der Waals surface area contributed by atoms with Crippen LogP contribution in [0.15, 0.2) is 58.1 Å². The molecule has 2 aromatic carbocycles. The number of thiazole rings is 1. The summed E-state index contributed by atoms with van der Waals surface area (Å²) >= 11 is 2.69. The monoisotopic (exact) mass is 457 g/mol. The molecule has 0 atom stereocenters. The van der Waals surface area contributed by atoms with E-state index in [0.717, 1.165) is 21.0 Å². The summed E-state index contributed by atoms with van der Waals surface area (Å²) < 4.78 is 28.2. The van der Waals surface area contributed by atoms with Crippen molar-refractivity contribution < 1.29 is 13.2 Å². The van der Waals surface area contributed by atoms with Gasteiger partial charge in [0.1, 0.15) is 4.21 Å². The Kier molecular flexibility index (Phi) is 5.06. The maximum Gasteiger partial charge on any atom is 0.252 e. The van der Waals surface area contributed by atoms with Gasteiger partial charge in [-0.05, 0) is 35.7 Å². The SMILES string of the molecule is O=C(Nc1nc2ccc3ccccc3c2s1)C1CCN(S(=O)(=O)c2cccs2)CC1. The Morgan fingerprint density at radius 1 is 1.07 bits per heavy atom. The smallest absolute Gasteiger partial charge is 0.252 e. The van der Waals surface area contributed by atoms with E-state index >= 15 is 0 Å². The van der Waals surface area contributed by atoms with Gasteiger partial charge in [-0.1, -0.05) is 47.7 Å². The van der Waals surface area contributed by atoms with Crippen LogP contribution in [-0.2, 0) is 14.8 Å². The van der Waals surface area contributed by atoms with Crippen LogP contribution in [0.5, 0.6) is 0 Å². The molecule has 4 aromatic rings. The first kappa shape index (κ1) is 19.6. The van der Waals surface area contributed by atoms with E-state index in [1.807, 2.05) is 24.3 Å². The number of aromatic nitrogens is 1. The topological polar surface area (TPSA) is 79.4 Å².